The summed E-state index contributed by atoms with van der Waals surface area (Å²) >= 11 is 2.51. The number of fused-ring (bicyclic) bond motifs is 1. The second kappa shape index (κ2) is 12.9. The Bertz CT molecular complexity index is 1150. The Morgan fingerprint density at radius 2 is 0.895 bits per heavy atom. The number of hydrogen-bond donors (Lipinski definition) is 0. The minimum atomic E-state index is -0.224. The van der Waals surface area contributed by atoms with Gasteiger partial charge in [-0.25, -0.2) is 0 Å². The Morgan fingerprint density at radius 3 is 1.26 bits per heavy atom. The molecule has 0 aliphatic heterocycles. The molecule has 5 rings (SSSR count). The molecule has 0 amide bonds. The number of hydrogen-bond acceptors (Lipinski definition) is 0. The van der Waals surface area contributed by atoms with Gasteiger partial charge >= 0.3 is 225 Å². The minimum absolute atomic E-state index is 0. The third-order valence-electron chi connectivity index (χ3n) is 8.20. The van der Waals surface area contributed by atoms with Crippen molar-refractivity contribution in [2.24, 2.45) is 17.8 Å². The Labute approximate surface area is 260 Å². The summed E-state index contributed by atoms with van der Waals surface area (Å²) in [5.74, 6) is 1.61. The maximum Gasteiger partial charge on any atom is -1.00 e. The molecule has 1 saturated carbocycles. The molecule has 3 aromatic rings. The van der Waals surface area contributed by atoms with E-state index in [0.717, 1.165) is 0 Å². The molecular weight excluding hydrogens is 563 g/mol. The Balaban J connectivity index is 0.00000169. The van der Waals surface area contributed by atoms with Gasteiger partial charge in [0.2, 0.25) is 0 Å². The molecule has 2 aliphatic carbocycles. The normalized spacial score (nSPS) is 21.7. The number of aryl methyl sites for hydroxylation is 6. The second-order valence-corrected chi connectivity index (χ2v) is 12.5. The van der Waals surface area contributed by atoms with E-state index >= 15 is 0 Å². The first-order valence-electron chi connectivity index (χ1n) is 13.0. The monoisotopic (exact) mass is 598 g/mol. The van der Waals surface area contributed by atoms with Crippen LogP contribution in [-0.4, -0.2) is 0 Å². The van der Waals surface area contributed by atoms with Gasteiger partial charge < -0.3 is 37.2 Å². The first-order chi connectivity index (χ1) is 16.7. The van der Waals surface area contributed by atoms with Crippen molar-refractivity contribution < 1.29 is 57.7 Å². The second-order valence-electron chi connectivity index (χ2n) is 11.3. The maximum atomic E-state index is 2.52. The first-order valence-corrected chi connectivity index (χ1v) is 13.9. The zero-order valence-electron chi connectivity index (χ0n) is 23.2. The van der Waals surface area contributed by atoms with E-state index in [1.807, 2.05) is 0 Å². The van der Waals surface area contributed by atoms with Crippen LogP contribution in [0.5, 0.6) is 0 Å². The van der Waals surface area contributed by atoms with E-state index < -0.39 is 0 Å². The summed E-state index contributed by atoms with van der Waals surface area (Å²) in [5.41, 5.74) is 12.2. The van der Waals surface area contributed by atoms with Gasteiger partial charge in [0.15, 0.2) is 0 Å². The van der Waals surface area contributed by atoms with Gasteiger partial charge in [0.25, 0.3) is 0 Å². The van der Waals surface area contributed by atoms with Gasteiger partial charge in [0.05, 0.1) is 0 Å². The molecule has 0 nitrogen and oxygen atoms in total. The minimum Gasteiger partial charge on any atom is -1.00 e. The summed E-state index contributed by atoms with van der Waals surface area (Å²) in [4.78, 5) is 0. The summed E-state index contributed by atoms with van der Waals surface area (Å²) in [6.07, 6.45) is 10.8. The van der Waals surface area contributed by atoms with Crippen molar-refractivity contribution in [1.82, 2.24) is 0 Å². The molecule has 0 heterocycles. The molecule has 0 saturated heterocycles. The van der Waals surface area contributed by atoms with Gasteiger partial charge in [0.1, 0.15) is 0 Å². The molecule has 0 spiro atoms. The van der Waals surface area contributed by atoms with Crippen molar-refractivity contribution in [1.29, 1.82) is 0 Å². The van der Waals surface area contributed by atoms with Gasteiger partial charge in [-0.15, -0.1) is 0 Å². The summed E-state index contributed by atoms with van der Waals surface area (Å²) in [6.45, 7) is 13.5. The zero-order valence-corrected chi connectivity index (χ0v) is 27.0. The van der Waals surface area contributed by atoms with Crippen LogP contribution >= 0.6 is 0 Å². The fourth-order valence-corrected chi connectivity index (χ4v) is 8.44. The van der Waals surface area contributed by atoms with E-state index in [1.54, 1.807) is 0 Å². The third-order valence-corrected chi connectivity index (χ3v) is 9.13. The fraction of sp³-hybridized carbons (Fsp3) is 0.353. The first kappa shape index (κ1) is 32.9. The molecule has 4 heteroatoms. The van der Waals surface area contributed by atoms with Crippen LogP contribution in [0.3, 0.4) is 0 Å². The molecule has 1 fully saturated rings. The Morgan fingerprint density at radius 1 is 0.553 bits per heavy atom. The topological polar surface area (TPSA) is 0 Å². The van der Waals surface area contributed by atoms with Gasteiger partial charge in [-0.3, -0.25) is 0 Å². The van der Waals surface area contributed by atoms with Gasteiger partial charge in [0, 0.05) is 0 Å². The molecule has 3 aromatic carbocycles. The zero-order chi connectivity index (χ0) is 24.9. The molecule has 2 aliphatic rings. The quantitative estimate of drug-likeness (QED) is 0.283. The largest absolute Gasteiger partial charge is 1.00 e. The van der Waals surface area contributed by atoms with Crippen LogP contribution in [0.4, 0.5) is 0 Å². The summed E-state index contributed by atoms with van der Waals surface area (Å²) in [5, 5.41) is 0. The van der Waals surface area contributed by atoms with Crippen LogP contribution in [0.25, 0.3) is 0 Å². The van der Waals surface area contributed by atoms with Crippen LogP contribution < -0.4 is 37.2 Å². The standard InChI is InChI=1S/C34H37.3ClH.Ti/c1-22-13-23(2)17-29(16-22)34(30-18-24(3)14-25(4)19-30,31-20-26(5)15-27(6)21-31)33-12-11-28-9-7-8-10-32(28)33;;;;/h7-10,12-21,28,32-33H,11H2,1-6H3;3*1H;/q;;;;+3/p-3. The average Bonchev–Trinajstić information content (AvgIpc) is 3.09. The number of rotatable bonds is 4. The van der Waals surface area contributed by atoms with Crippen LogP contribution in [0.1, 0.15) is 56.5 Å². The number of benzene rings is 3. The molecule has 38 heavy (non-hydrogen) atoms. The molecule has 4 atom stereocenters. The van der Waals surface area contributed by atoms with Gasteiger partial charge in [-0.05, 0) is 0 Å². The fourth-order valence-electron chi connectivity index (χ4n) is 7.27. The number of halogens is 3. The maximum absolute atomic E-state index is 2.52. The molecule has 0 bridgehead atoms. The van der Waals surface area contributed by atoms with E-state index in [0.29, 0.717) is 22.0 Å². The van der Waals surface area contributed by atoms with Gasteiger partial charge in [-0.2, -0.15) is 0 Å². The van der Waals surface area contributed by atoms with E-state index in [2.05, 4.69) is 141 Å². The predicted octanol–water partition coefficient (Wildman–Crippen LogP) is -0.403. The summed E-state index contributed by atoms with van der Waals surface area (Å²) in [6, 6.07) is 21.8. The van der Waals surface area contributed by atoms with Crippen molar-refractivity contribution in [3.63, 3.8) is 0 Å². The molecule has 0 N–H and O–H groups in total. The van der Waals surface area contributed by atoms with Crippen LogP contribution in [0.15, 0.2) is 78.9 Å². The van der Waals surface area contributed by atoms with Crippen molar-refractivity contribution in [3.05, 3.63) is 129 Å². The van der Waals surface area contributed by atoms with Crippen molar-refractivity contribution in [2.45, 2.75) is 57.6 Å². The molecule has 0 radical (unpaired) electrons. The average molecular weight is 600 g/mol. The summed E-state index contributed by atoms with van der Waals surface area (Å²) < 4.78 is 0.597. The van der Waals surface area contributed by atoms with E-state index in [-0.39, 0.29) is 42.6 Å². The Hall–Kier alpha value is -1.28. The molecule has 4 unspecified atom stereocenters. The van der Waals surface area contributed by atoms with E-state index in [1.165, 1.54) is 56.5 Å². The van der Waals surface area contributed by atoms with Crippen LogP contribution in [0, 0.1) is 59.3 Å². The smallest absolute Gasteiger partial charge is 1.00 e. The van der Waals surface area contributed by atoms with Crippen molar-refractivity contribution in [3.8, 4) is 0 Å². The third kappa shape index (κ3) is 5.91. The molecule has 0 aromatic heterocycles. The van der Waals surface area contributed by atoms with E-state index in [4.69, 9.17) is 0 Å². The van der Waals surface area contributed by atoms with Crippen LogP contribution in [-0.2, 0) is 25.9 Å². The van der Waals surface area contributed by atoms with Crippen LogP contribution in [0.2, 0.25) is 4.22 Å². The number of allylic oxidation sites excluding steroid dienone is 4. The van der Waals surface area contributed by atoms with Crippen molar-refractivity contribution >= 4 is 0 Å². The predicted molar refractivity (Wildman–Crippen MR) is 145 cm³/mol. The Kier molecular flexibility index (Phi) is 11.2. The molecule has 198 valence electrons. The molecular formula is C34H37Cl3Ti. The summed E-state index contributed by atoms with van der Waals surface area (Å²) in [7, 11) is 0. The SMILES string of the molecule is Cc1cc(C)cc(C(c2cc(C)cc(C)c2)(c2cc(C)cc(C)c2)C2[CH]([Ti+3])CC3C=CC=CC32)c1.[Cl-].[Cl-].[Cl-]. The van der Waals surface area contributed by atoms with E-state index in [9.17, 15) is 0 Å². The van der Waals surface area contributed by atoms with Crippen molar-refractivity contribution in [2.75, 3.05) is 0 Å². The van der Waals surface area contributed by atoms with Gasteiger partial charge in [-0.1, -0.05) is 0 Å².